The van der Waals surface area contributed by atoms with E-state index in [0.717, 1.165) is 5.56 Å². The van der Waals surface area contributed by atoms with Gasteiger partial charge in [-0.25, -0.2) is 23.4 Å². The third kappa shape index (κ3) is 10.7. The Hall–Kier alpha value is -6.16. The molecule has 0 aliphatic heterocycles. The highest BCUT2D eigenvalue weighted by molar-refractivity contribution is 7.92. The van der Waals surface area contributed by atoms with Crippen molar-refractivity contribution in [1.29, 1.82) is 0 Å². The van der Waals surface area contributed by atoms with Gasteiger partial charge in [-0.15, -0.1) is 0 Å². The van der Waals surface area contributed by atoms with Gasteiger partial charge in [0.15, 0.2) is 23.1 Å². The Bertz CT molecular complexity index is 2110. The molecule has 5 rings (SSSR count). The van der Waals surface area contributed by atoms with Crippen molar-refractivity contribution in [3.05, 3.63) is 107 Å². The topological polar surface area (TPSA) is 195 Å². The van der Waals surface area contributed by atoms with Crippen LogP contribution in [0.15, 0.2) is 96.2 Å². The number of nitrogens with zero attached hydrogens (tertiary/aromatic N) is 5. The van der Waals surface area contributed by atoms with Crippen molar-refractivity contribution in [3.8, 4) is 40.5 Å². The maximum Gasteiger partial charge on any atom is 0.311 e. The van der Waals surface area contributed by atoms with E-state index >= 15 is 0 Å². The molecule has 278 valence electrons. The average molecular weight is 745 g/mol. The second-order valence-electron chi connectivity index (χ2n) is 11.9. The number of rotatable bonds is 14. The van der Waals surface area contributed by atoms with Gasteiger partial charge in [-0.2, -0.15) is 4.98 Å². The first-order valence-electron chi connectivity index (χ1n) is 16.6. The monoisotopic (exact) mass is 744 g/mol. The standard InChI is InChI=1S/C35H34N6O9S.C2H6/c1-35(2,3)23-12-18-26(19-13-23)51(45,46)40-31-30(50-28-10-6-5-9-27(28)47-4)34(39-33(38-31)32-36-20-8-21-37-32)48-22-7-11-29(42)49-25-16-14-24(15-17-25)41(43)44;1-2/h5-6,8-10,12-21H,7,11,22H2,1-4H3,(H,38,39,40);1-2H3. The van der Waals surface area contributed by atoms with Crippen molar-refractivity contribution < 1.29 is 37.1 Å². The van der Waals surface area contributed by atoms with Crippen molar-refractivity contribution in [2.24, 2.45) is 0 Å². The van der Waals surface area contributed by atoms with Crippen molar-refractivity contribution in [1.82, 2.24) is 19.9 Å². The second kappa shape index (κ2) is 17.9. The first-order valence-corrected chi connectivity index (χ1v) is 18.0. The van der Waals surface area contributed by atoms with Crippen molar-refractivity contribution in [2.75, 3.05) is 18.4 Å². The smallest absolute Gasteiger partial charge is 0.311 e. The molecule has 1 N–H and O–H groups in total. The molecule has 3 aromatic carbocycles. The van der Waals surface area contributed by atoms with E-state index in [0.29, 0.717) is 5.75 Å². The summed E-state index contributed by atoms with van der Waals surface area (Å²) < 4.78 is 53.0. The molecule has 53 heavy (non-hydrogen) atoms. The molecule has 0 aliphatic rings. The van der Waals surface area contributed by atoms with Gasteiger partial charge in [0.25, 0.3) is 21.6 Å². The van der Waals surface area contributed by atoms with Crippen LogP contribution in [-0.2, 0) is 20.2 Å². The maximum absolute atomic E-state index is 13.8. The second-order valence-corrected chi connectivity index (χ2v) is 13.6. The van der Waals surface area contributed by atoms with Gasteiger partial charge in [0.2, 0.25) is 11.6 Å². The van der Waals surface area contributed by atoms with E-state index in [1.54, 1.807) is 42.5 Å². The molecule has 0 unspecified atom stereocenters. The number of nitro groups is 1. The molecule has 0 radical (unpaired) electrons. The molecular formula is C37H40N6O9S. The molecule has 0 saturated carbocycles. The summed E-state index contributed by atoms with van der Waals surface area (Å²) in [6.45, 7) is 9.97. The van der Waals surface area contributed by atoms with Crippen LogP contribution in [-0.4, -0.2) is 53.0 Å². The lowest BCUT2D eigenvalue weighted by Gasteiger charge is -2.20. The minimum absolute atomic E-state index is 0.0242. The lowest BCUT2D eigenvalue weighted by molar-refractivity contribution is -0.384. The van der Waals surface area contributed by atoms with E-state index in [2.05, 4.69) is 24.7 Å². The molecule has 0 saturated heterocycles. The van der Waals surface area contributed by atoms with Crippen molar-refractivity contribution in [3.63, 3.8) is 0 Å². The van der Waals surface area contributed by atoms with Gasteiger partial charge in [0.05, 0.1) is 23.5 Å². The number of methoxy groups -OCH3 is 1. The highest BCUT2D eigenvalue weighted by Gasteiger charge is 2.26. The summed E-state index contributed by atoms with van der Waals surface area (Å²) in [5.41, 5.74) is 0.607. The molecule has 0 fully saturated rings. The molecule has 0 bridgehead atoms. The van der Waals surface area contributed by atoms with Crippen LogP contribution in [0.4, 0.5) is 11.5 Å². The van der Waals surface area contributed by atoms with E-state index in [1.165, 1.54) is 55.9 Å². The number of carbonyl (C=O) groups is 1. The summed E-state index contributed by atoms with van der Waals surface area (Å²) >= 11 is 0. The zero-order valence-electron chi connectivity index (χ0n) is 30.1. The van der Waals surface area contributed by atoms with E-state index in [-0.39, 0.29) is 76.0 Å². The summed E-state index contributed by atoms with van der Waals surface area (Å²) in [5.74, 6) is -0.559. The van der Waals surface area contributed by atoms with Crippen LogP contribution in [0.2, 0.25) is 0 Å². The Morgan fingerprint density at radius 2 is 1.51 bits per heavy atom. The van der Waals surface area contributed by atoms with E-state index in [9.17, 15) is 23.3 Å². The summed E-state index contributed by atoms with van der Waals surface area (Å²) in [6, 6.07) is 19.9. The lowest BCUT2D eigenvalue weighted by Crippen LogP contribution is -2.17. The fraction of sp³-hybridized carbons (Fsp3) is 0.270. The zero-order valence-corrected chi connectivity index (χ0v) is 30.9. The number of nitrogens with one attached hydrogen (secondary N) is 1. The Morgan fingerprint density at radius 3 is 2.11 bits per heavy atom. The van der Waals surface area contributed by atoms with Crippen LogP contribution in [0.3, 0.4) is 0 Å². The Morgan fingerprint density at radius 1 is 0.868 bits per heavy atom. The number of anilines is 1. The lowest BCUT2D eigenvalue weighted by atomic mass is 9.87. The summed E-state index contributed by atoms with van der Waals surface area (Å²) in [7, 11) is -2.79. The van der Waals surface area contributed by atoms with Crippen molar-refractivity contribution >= 4 is 27.5 Å². The SMILES string of the molecule is CC.COc1ccccc1Oc1c(NS(=O)(=O)c2ccc(C(C)(C)C)cc2)nc(-c2ncccn2)nc1OCCCC(=O)Oc1ccc([N+](=O)[O-])cc1. The number of benzene rings is 3. The number of esters is 1. The van der Waals surface area contributed by atoms with Crippen LogP contribution in [0, 0.1) is 10.1 Å². The van der Waals surface area contributed by atoms with E-state index in [4.69, 9.17) is 18.9 Å². The molecule has 15 nitrogen and oxygen atoms in total. The van der Waals surface area contributed by atoms with Gasteiger partial charge in [-0.3, -0.25) is 19.6 Å². The quantitative estimate of drug-likeness (QED) is 0.0386. The number of carbonyl (C=O) groups excluding carboxylic acids is 1. The fourth-order valence-corrected chi connectivity index (χ4v) is 5.55. The minimum Gasteiger partial charge on any atom is -0.493 e. The first kappa shape index (κ1) is 39.6. The molecule has 0 amide bonds. The van der Waals surface area contributed by atoms with Crippen LogP contribution in [0.1, 0.15) is 53.0 Å². The largest absolute Gasteiger partial charge is 0.493 e. The zero-order chi connectivity index (χ0) is 38.6. The molecule has 0 atom stereocenters. The average Bonchev–Trinajstić information content (AvgIpc) is 3.15. The summed E-state index contributed by atoms with van der Waals surface area (Å²) in [6.07, 6.45) is 3.00. The van der Waals surface area contributed by atoms with Crippen LogP contribution < -0.4 is 23.7 Å². The number of aromatic nitrogens is 4. The number of non-ortho nitro benzene ring substituents is 1. The number of para-hydroxylation sites is 2. The predicted molar refractivity (Wildman–Crippen MR) is 197 cm³/mol. The van der Waals surface area contributed by atoms with Gasteiger partial charge in [0.1, 0.15) is 5.75 Å². The number of hydrogen-bond donors (Lipinski definition) is 1. The Kier molecular flexibility index (Phi) is 13.4. The third-order valence-electron chi connectivity index (χ3n) is 7.19. The molecule has 16 heteroatoms. The summed E-state index contributed by atoms with van der Waals surface area (Å²) in [4.78, 5) is 40.2. The Labute approximate surface area is 307 Å². The van der Waals surface area contributed by atoms with Gasteiger partial charge in [0, 0.05) is 30.9 Å². The minimum atomic E-state index is -4.24. The normalized spacial score (nSPS) is 11.1. The van der Waals surface area contributed by atoms with Gasteiger partial charge in [-0.1, -0.05) is 58.9 Å². The number of ether oxygens (including phenoxy) is 4. The third-order valence-corrected chi connectivity index (χ3v) is 8.54. The van der Waals surface area contributed by atoms with Gasteiger partial charge < -0.3 is 18.9 Å². The van der Waals surface area contributed by atoms with E-state index in [1.807, 2.05) is 34.6 Å². The predicted octanol–water partition coefficient (Wildman–Crippen LogP) is 7.53. The van der Waals surface area contributed by atoms with Crippen molar-refractivity contribution in [2.45, 2.75) is 57.8 Å². The number of hydrogen-bond acceptors (Lipinski definition) is 13. The molecule has 2 aromatic heterocycles. The fourth-order valence-electron chi connectivity index (χ4n) is 4.54. The molecule has 5 aromatic rings. The number of sulfonamides is 1. The van der Waals surface area contributed by atoms with Crippen LogP contribution in [0.25, 0.3) is 11.6 Å². The maximum atomic E-state index is 13.8. The summed E-state index contributed by atoms with van der Waals surface area (Å²) in [5, 5.41) is 10.9. The van der Waals surface area contributed by atoms with Crippen LogP contribution in [0.5, 0.6) is 28.9 Å². The number of nitro benzene ring substituents is 1. The molecule has 2 heterocycles. The molecule has 0 spiro atoms. The first-order chi connectivity index (χ1) is 25.3. The van der Waals surface area contributed by atoms with Crippen LogP contribution >= 0.6 is 0 Å². The Balaban J connectivity index is 0.00000308. The highest BCUT2D eigenvalue weighted by atomic mass is 32.2. The highest BCUT2D eigenvalue weighted by Crippen LogP contribution is 2.41. The molecule has 0 aliphatic carbocycles. The molecular weight excluding hydrogens is 705 g/mol. The van der Waals surface area contributed by atoms with Gasteiger partial charge in [-0.05, 0) is 59.9 Å². The van der Waals surface area contributed by atoms with Gasteiger partial charge >= 0.3 is 5.97 Å². The van der Waals surface area contributed by atoms with E-state index < -0.39 is 20.9 Å².